The molecule has 1 fully saturated rings. The highest BCUT2D eigenvalue weighted by molar-refractivity contribution is 5.89. The van der Waals surface area contributed by atoms with Crippen LogP contribution in [0, 0.1) is 5.82 Å². The Balaban J connectivity index is 1.33. The SMILES string of the molecule is O=C(Cc1c[nH]c2ccccc12)N1CCCC(c2cccc(-c3ccccc3F)n2)C1. The van der Waals surface area contributed by atoms with Gasteiger partial charge in [-0.15, -0.1) is 0 Å². The number of piperidine rings is 1. The van der Waals surface area contributed by atoms with Gasteiger partial charge in [-0.2, -0.15) is 0 Å². The number of hydrogen-bond acceptors (Lipinski definition) is 2. The van der Waals surface area contributed by atoms with Gasteiger partial charge in [0.15, 0.2) is 0 Å². The molecule has 1 unspecified atom stereocenters. The number of carbonyl (C=O) groups is 1. The number of carbonyl (C=O) groups excluding carboxylic acids is 1. The van der Waals surface area contributed by atoms with E-state index < -0.39 is 0 Å². The zero-order chi connectivity index (χ0) is 21.2. The Morgan fingerprint density at radius 3 is 2.81 bits per heavy atom. The molecule has 1 aliphatic rings. The molecule has 0 bridgehead atoms. The molecule has 1 saturated heterocycles. The number of aromatic amines is 1. The van der Waals surface area contributed by atoms with Crippen LogP contribution in [0.4, 0.5) is 4.39 Å². The fourth-order valence-electron chi connectivity index (χ4n) is 4.50. The minimum absolute atomic E-state index is 0.139. The highest BCUT2D eigenvalue weighted by atomic mass is 19.1. The summed E-state index contributed by atoms with van der Waals surface area (Å²) in [4.78, 5) is 23.0. The number of hydrogen-bond donors (Lipinski definition) is 1. The number of nitrogens with zero attached hydrogens (tertiary/aromatic N) is 2. The van der Waals surface area contributed by atoms with Gasteiger partial charge in [0.1, 0.15) is 5.82 Å². The lowest BCUT2D eigenvalue weighted by molar-refractivity contribution is -0.131. The molecule has 5 heteroatoms. The highest BCUT2D eigenvalue weighted by Crippen LogP contribution is 2.29. The Kier molecular flexibility index (Phi) is 5.24. The Bertz CT molecular complexity index is 1230. The summed E-state index contributed by atoms with van der Waals surface area (Å²) in [6.45, 7) is 1.42. The molecular formula is C26H24FN3O. The first kappa shape index (κ1) is 19.5. The molecule has 1 atom stereocenters. The Hall–Kier alpha value is -3.47. The molecule has 31 heavy (non-hydrogen) atoms. The average molecular weight is 413 g/mol. The Morgan fingerprint density at radius 2 is 1.90 bits per heavy atom. The summed E-state index contributed by atoms with van der Waals surface area (Å²) in [6.07, 6.45) is 4.24. The zero-order valence-electron chi connectivity index (χ0n) is 17.2. The number of para-hydroxylation sites is 1. The van der Waals surface area contributed by atoms with E-state index in [0.717, 1.165) is 41.5 Å². The molecule has 2 aromatic carbocycles. The number of H-pyrrole nitrogens is 1. The molecule has 1 aliphatic heterocycles. The van der Waals surface area contributed by atoms with E-state index in [0.29, 0.717) is 24.2 Å². The van der Waals surface area contributed by atoms with E-state index in [9.17, 15) is 9.18 Å². The number of likely N-dealkylation sites (tertiary alicyclic amines) is 1. The van der Waals surface area contributed by atoms with Crippen molar-refractivity contribution in [1.29, 1.82) is 0 Å². The van der Waals surface area contributed by atoms with Gasteiger partial charge >= 0.3 is 0 Å². The van der Waals surface area contributed by atoms with Crippen molar-refractivity contribution in [3.63, 3.8) is 0 Å². The summed E-state index contributed by atoms with van der Waals surface area (Å²) in [5, 5.41) is 1.10. The van der Waals surface area contributed by atoms with Crippen LogP contribution in [0.15, 0.2) is 72.9 Å². The third kappa shape index (κ3) is 3.96. The van der Waals surface area contributed by atoms with Crippen molar-refractivity contribution in [1.82, 2.24) is 14.9 Å². The van der Waals surface area contributed by atoms with Crippen LogP contribution in [0.5, 0.6) is 0 Å². The molecule has 0 spiro atoms. The zero-order valence-corrected chi connectivity index (χ0v) is 17.2. The molecule has 1 N–H and O–H groups in total. The fraction of sp³-hybridized carbons (Fsp3) is 0.231. The molecule has 4 aromatic rings. The van der Waals surface area contributed by atoms with Gasteiger partial charge in [0.05, 0.1) is 12.1 Å². The van der Waals surface area contributed by atoms with Crippen molar-refractivity contribution in [3.8, 4) is 11.3 Å². The second-order valence-electron chi connectivity index (χ2n) is 8.14. The number of benzene rings is 2. The molecule has 5 rings (SSSR count). The molecule has 3 heterocycles. The summed E-state index contributed by atoms with van der Waals surface area (Å²) < 4.78 is 14.2. The van der Waals surface area contributed by atoms with Crippen LogP contribution in [0.25, 0.3) is 22.2 Å². The van der Waals surface area contributed by atoms with E-state index in [1.165, 1.54) is 6.07 Å². The van der Waals surface area contributed by atoms with Crippen LogP contribution in [0.1, 0.15) is 30.0 Å². The Morgan fingerprint density at radius 1 is 1.06 bits per heavy atom. The molecule has 156 valence electrons. The number of amides is 1. The second-order valence-corrected chi connectivity index (χ2v) is 8.14. The van der Waals surface area contributed by atoms with Crippen molar-refractivity contribution in [2.75, 3.05) is 13.1 Å². The van der Waals surface area contributed by atoms with E-state index in [1.54, 1.807) is 12.1 Å². The van der Waals surface area contributed by atoms with Crippen LogP contribution in [0.3, 0.4) is 0 Å². The van der Waals surface area contributed by atoms with Crippen LogP contribution < -0.4 is 0 Å². The fourth-order valence-corrected chi connectivity index (χ4v) is 4.50. The summed E-state index contributed by atoms with van der Waals surface area (Å²) >= 11 is 0. The van der Waals surface area contributed by atoms with Gasteiger partial charge in [0, 0.05) is 47.4 Å². The lowest BCUT2D eigenvalue weighted by atomic mass is 9.93. The van der Waals surface area contributed by atoms with E-state index in [1.807, 2.05) is 59.6 Å². The van der Waals surface area contributed by atoms with Gasteiger partial charge in [-0.25, -0.2) is 4.39 Å². The number of nitrogens with one attached hydrogen (secondary N) is 1. The second kappa shape index (κ2) is 8.34. The molecule has 1 amide bonds. The van der Waals surface area contributed by atoms with E-state index in [-0.39, 0.29) is 17.6 Å². The van der Waals surface area contributed by atoms with Crippen LogP contribution in [0.2, 0.25) is 0 Å². The number of fused-ring (bicyclic) bond motifs is 1. The first-order valence-electron chi connectivity index (χ1n) is 10.7. The third-order valence-corrected chi connectivity index (χ3v) is 6.13. The smallest absolute Gasteiger partial charge is 0.227 e. The first-order chi connectivity index (χ1) is 15.2. The summed E-state index contributed by atoms with van der Waals surface area (Å²) in [5.74, 6) is 0.0263. The predicted molar refractivity (Wildman–Crippen MR) is 120 cm³/mol. The van der Waals surface area contributed by atoms with Crippen LogP contribution >= 0.6 is 0 Å². The van der Waals surface area contributed by atoms with Crippen molar-refractivity contribution in [2.45, 2.75) is 25.2 Å². The van der Waals surface area contributed by atoms with Crippen molar-refractivity contribution >= 4 is 16.8 Å². The minimum atomic E-state index is -0.272. The van der Waals surface area contributed by atoms with Crippen LogP contribution in [-0.2, 0) is 11.2 Å². The summed E-state index contributed by atoms with van der Waals surface area (Å²) in [6, 6.07) is 20.5. The largest absolute Gasteiger partial charge is 0.361 e. The average Bonchev–Trinajstić information content (AvgIpc) is 3.22. The normalized spacial score (nSPS) is 16.5. The highest BCUT2D eigenvalue weighted by Gasteiger charge is 2.26. The van der Waals surface area contributed by atoms with E-state index >= 15 is 0 Å². The number of aromatic nitrogens is 2. The van der Waals surface area contributed by atoms with Gasteiger partial charge in [-0.05, 0) is 48.7 Å². The Labute approximate surface area is 180 Å². The number of rotatable bonds is 4. The summed E-state index contributed by atoms with van der Waals surface area (Å²) in [7, 11) is 0. The lowest BCUT2D eigenvalue weighted by Gasteiger charge is -2.32. The molecule has 0 saturated carbocycles. The molecule has 2 aromatic heterocycles. The van der Waals surface area contributed by atoms with Crippen LogP contribution in [-0.4, -0.2) is 33.9 Å². The van der Waals surface area contributed by atoms with Gasteiger partial charge in [-0.1, -0.05) is 36.4 Å². The lowest BCUT2D eigenvalue weighted by Crippen LogP contribution is -2.40. The molecular weight excluding hydrogens is 389 g/mol. The molecule has 4 nitrogen and oxygen atoms in total. The summed E-state index contributed by atoms with van der Waals surface area (Å²) in [5.41, 5.74) is 4.15. The number of pyridine rings is 1. The third-order valence-electron chi connectivity index (χ3n) is 6.13. The maximum absolute atomic E-state index is 14.2. The van der Waals surface area contributed by atoms with E-state index in [2.05, 4.69) is 4.98 Å². The maximum atomic E-state index is 14.2. The van der Waals surface area contributed by atoms with Gasteiger partial charge in [-0.3, -0.25) is 9.78 Å². The molecule has 0 radical (unpaired) electrons. The van der Waals surface area contributed by atoms with Crippen molar-refractivity contribution < 1.29 is 9.18 Å². The van der Waals surface area contributed by atoms with Crippen molar-refractivity contribution in [3.05, 3.63) is 90.0 Å². The molecule has 0 aliphatic carbocycles. The van der Waals surface area contributed by atoms with Gasteiger partial charge in [0.2, 0.25) is 5.91 Å². The first-order valence-corrected chi connectivity index (χ1v) is 10.7. The quantitative estimate of drug-likeness (QED) is 0.492. The number of halogens is 1. The standard InChI is InChI=1S/C26H24FN3O/c27-22-10-3-1-9-21(22)25-13-5-12-23(29-25)18-7-6-14-30(17-18)26(31)15-19-16-28-24-11-4-2-8-20(19)24/h1-5,8-13,16,18,28H,6-7,14-15,17H2. The minimum Gasteiger partial charge on any atom is -0.361 e. The van der Waals surface area contributed by atoms with Crippen molar-refractivity contribution in [2.24, 2.45) is 0 Å². The van der Waals surface area contributed by atoms with E-state index in [4.69, 9.17) is 4.98 Å². The van der Waals surface area contributed by atoms with Gasteiger partial charge < -0.3 is 9.88 Å². The topological polar surface area (TPSA) is 49.0 Å². The monoisotopic (exact) mass is 413 g/mol. The maximum Gasteiger partial charge on any atom is 0.227 e. The van der Waals surface area contributed by atoms with Gasteiger partial charge in [0.25, 0.3) is 0 Å². The predicted octanol–water partition coefficient (Wildman–Crippen LogP) is 5.32.